The molecule has 3 aliphatic rings. The topological polar surface area (TPSA) is 50.9 Å². The van der Waals surface area contributed by atoms with Crippen LogP contribution >= 0.6 is 0 Å². The van der Waals surface area contributed by atoms with Crippen LogP contribution in [0.1, 0.15) is 68.9 Å². The van der Waals surface area contributed by atoms with E-state index in [1.807, 2.05) is 0 Å². The first kappa shape index (κ1) is 17.1. The number of carbonyl (C=O) groups excluding carboxylic acids is 1. The van der Waals surface area contributed by atoms with Gasteiger partial charge in [0.2, 0.25) is 0 Å². The molecule has 0 saturated heterocycles. The van der Waals surface area contributed by atoms with Gasteiger partial charge in [0.1, 0.15) is 5.75 Å². The Labute approximate surface area is 150 Å². The summed E-state index contributed by atoms with van der Waals surface area (Å²) in [5, 5.41) is 10.1. The Morgan fingerprint density at radius 2 is 2.08 bits per heavy atom. The average molecular weight is 343 g/mol. The van der Waals surface area contributed by atoms with E-state index in [-0.39, 0.29) is 17.9 Å². The van der Waals surface area contributed by atoms with E-state index in [0.29, 0.717) is 23.7 Å². The largest absolute Gasteiger partial charge is 0.497 e. The van der Waals surface area contributed by atoms with Gasteiger partial charge in [0, 0.05) is 12.5 Å². The lowest BCUT2D eigenvalue weighted by Crippen LogP contribution is -2.52. The van der Waals surface area contributed by atoms with Crippen molar-refractivity contribution in [1.29, 1.82) is 0 Å². The van der Waals surface area contributed by atoms with Gasteiger partial charge < -0.3 is 9.84 Å². The Bertz CT molecular complexity index is 682. The second-order valence-electron chi connectivity index (χ2n) is 8.82. The third kappa shape index (κ3) is 2.46. The third-order valence-electron chi connectivity index (χ3n) is 7.71. The molecular weight excluding hydrogens is 312 g/mol. The van der Waals surface area contributed by atoms with Crippen molar-refractivity contribution in [2.24, 2.45) is 23.2 Å². The van der Waals surface area contributed by atoms with Gasteiger partial charge in [0.05, 0.1) is 18.9 Å². The van der Waals surface area contributed by atoms with E-state index in [2.05, 4.69) is 32.0 Å². The first-order valence-electron chi connectivity index (χ1n) is 9.83. The van der Waals surface area contributed by atoms with E-state index >= 15 is 0 Å². The maximum absolute atomic E-state index is 10.7. The molecule has 0 amide bonds. The predicted octanol–water partition coefficient (Wildman–Crippen LogP) is 4.27. The van der Waals surface area contributed by atoms with Crippen molar-refractivity contribution in [2.75, 3.05) is 13.7 Å². The van der Waals surface area contributed by atoms with Crippen LogP contribution in [0, 0.1) is 23.2 Å². The van der Waals surface area contributed by atoms with Crippen LogP contribution in [0.25, 0.3) is 0 Å². The SMILES string of the molecule is COc1ccc2c(c1)[C@H](CO)CC1C2CC[C@]2(C)C(=[OH+])CC[C@H](C)C12. The van der Waals surface area contributed by atoms with E-state index in [1.165, 1.54) is 11.1 Å². The zero-order valence-corrected chi connectivity index (χ0v) is 15.7. The van der Waals surface area contributed by atoms with Crippen molar-refractivity contribution in [3.63, 3.8) is 0 Å². The zero-order chi connectivity index (χ0) is 17.8. The monoisotopic (exact) mass is 343 g/mol. The lowest BCUT2D eigenvalue weighted by atomic mass is 9.47. The van der Waals surface area contributed by atoms with E-state index in [0.717, 1.165) is 43.6 Å². The third-order valence-corrected chi connectivity index (χ3v) is 7.71. The molecule has 4 rings (SSSR count). The summed E-state index contributed by atoms with van der Waals surface area (Å²) in [7, 11) is 1.70. The number of aliphatic hydroxyl groups is 1. The smallest absolute Gasteiger partial charge is 0.299 e. The standard InChI is InChI=1S/C22H30O3/c1-13-4-7-20(24)22(2)9-8-17-16-6-5-15(25-3)11-18(16)14(12-23)10-19(17)21(13)22/h5-6,11,13-14,17,19,21,23H,4,7-10,12H2,1-3H3/p+1/t13-,14-,17?,19?,21?,22+/m0/s1. The van der Waals surface area contributed by atoms with E-state index in [1.54, 1.807) is 7.11 Å². The molecule has 0 heterocycles. The highest BCUT2D eigenvalue weighted by atomic mass is 16.5. The molecule has 2 fully saturated rings. The van der Waals surface area contributed by atoms with Gasteiger partial charge >= 0.3 is 0 Å². The van der Waals surface area contributed by atoms with Gasteiger partial charge in [0.25, 0.3) is 5.78 Å². The summed E-state index contributed by atoms with van der Waals surface area (Å²) in [6.45, 7) is 4.85. The van der Waals surface area contributed by atoms with Gasteiger partial charge in [-0.1, -0.05) is 13.0 Å². The Balaban J connectivity index is 1.77. The molecule has 0 radical (unpaired) electrons. The van der Waals surface area contributed by atoms with Crippen LogP contribution in [0.2, 0.25) is 0 Å². The molecule has 25 heavy (non-hydrogen) atoms. The maximum Gasteiger partial charge on any atom is 0.299 e. The van der Waals surface area contributed by atoms with Crippen molar-refractivity contribution in [2.45, 2.75) is 57.8 Å². The number of fused-ring (bicyclic) bond motifs is 5. The lowest BCUT2D eigenvalue weighted by molar-refractivity contribution is 0.0110. The van der Waals surface area contributed by atoms with Gasteiger partial charge in [0.15, 0.2) is 0 Å². The van der Waals surface area contributed by atoms with Crippen LogP contribution in [-0.4, -0.2) is 29.4 Å². The highest BCUT2D eigenvalue weighted by Gasteiger charge is 2.58. The summed E-state index contributed by atoms with van der Waals surface area (Å²) in [4.78, 5) is 10.7. The molecule has 3 nitrogen and oxygen atoms in total. The molecule has 0 aromatic heterocycles. The van der Waals surface area contributed by atoms with Gasteiger partial charge in [-0.2, -0.15) is 0 Å². The molecule has 2 N–H and O–H groups in total. The molecule has 3 heteroatoms. The number of ether oxygens (including phenoxy) is 1. The van der Waals surface area contributed by atoms with Crippen LogP contribution < -0.4 is 4.74 Å². The lowest BCUT2D eigenvalue weighted by Gasteiger charge is -2.54. The van der Waals surface area contributed by atoms with Crippen LogP contribution in [0.4, 0.5) is 0 Å². The minimum atomic E-state index is -0.0389. The zero-order valence-electron chi connectivity index (χ0n) is 15.7. The summed E-state index contributed by atoms with van der Waals surface area (Å²) in [5.41, 5.74) is 2.65. The van der Waals surface area contributed by atoms with E-state index < -0.39 is 0 Å². The van der Waals surface area contributed by atoms with Crippen LogP contribution in [-0.2, 0) is 0 Å². The molecule has 1 aromatic rings. The van der Waals surface area contributed by atoms with Crippen molar-refractivity contribution >= 4 is 5.78 Å². The van der Waals surface area contributed by atoms with Crippen molar-refractivity contribution in [3.05, 3.63) is 29.3 Å². The molecule has 6 atom stereocenters. The molecule has 1 aromatic carbocycles. The number of hydrogen-bond donors (Lipinski definition) is 1. The number of rotatable bonds is 2. The summed E-state index contributed by atoms with van der Waals surface area (Å²) >= 11 is 0. The number of aliphatic hydroxyl groups excluding tert-OH is 1. The minimum Gasteiger partial charge on any atom is -0.497 e. The molecule has 0 bridgehead atoms. The average Bonchev–Trinajstić information content (AvgIpc) is 2.63. The first-order chi connectivity index (χ1) is 12.0. The van der Waals surface area contributed by atoms with Gasteiger partial charge in [-0.25, -0.2) is 0 Å². The fourth-order valence-corrected chi connectivity index (χ4v) is 6.47. The molecule has 0 spiro atoms. The predicted molar refractivity (Wildman–Crippen MR) is 99.8 cm³/mol. The molecule has 0 aliphatic heterocycles. The minimum absolute atomic E-state index is 0.0389. The summed E-state index contributed by atoms with van der Waals surface area (Å²) < 4.78 is 5.42. The highest BCUT2D eigenvalue weighted by Crippen LogP contribution is 2.61. The highest BCUT2D eigenvalue weighted by molar-refractivity contribution is 5.87. The summed E-state index contributed by atoms with van der Waals surface area (Å²) in [6, 6.07) is 6.43. The molecule has 2 saturated carbocycles. The Kier molecular flexibility index (Phi) is 4.18. The Morgan fingerprint density at radius 1 is 1.28 bits per heavy atom. The maximum atomic E-state index is 10.7. The van der Waals surface area contributed by atoms with Gasteiger partial charge in [-0.3, -0.25) is 4.79 Å². The summed E-state index contributed by atoms with van der Waals surface area (Å²) in [6.07, 6.45) is 5.19. The van der Waals surface area contributed by atoms with E-state index in [4.69, 9.17) is 4.74 Å². The second kappa shape index (κ2) is 6.12. The van der Waals surface area contributed by atoms with Crippen molar-refractivity contribution < 1.29 is 14.6 Å². The normalized spacial score (nSPS) is 40.0. The van der Waals surface area contributed by atoms with E-state index in [9.17, 15) is 9.90 Å². The van der Waals surface area contributed by atoms with Crippen LogP contribution in [0.15, 0.2) is 18.2 Å². The second-order valence-corrected chi connectivity index (χ2v) is 8.82. The molecule has 3 unspecified atom stereocenters. The Hall–Kier alpha value is -1.35. The van der Waals surface area contributed by atoms with Crippen molar-refractivity contribution in [3.8, 4) is 5.75 Å². The fourth-order valence-electron chi connectivity index (χ4n) is 6.47. The Morgan fingerprint density at radius 3 is 2.80 bits per heavy atom. The number of ketones is 1. The van der Waals surface area contributed by atoms with Crippen molar-refractivity contribution in [1.82, 2.24) is 0 Å². The fraction of sp³-hybridized carbons (Fsp3) is 0.682. The number of methoxy groups -OCH3 is 1. The number of hydrogen-bond acceptors (Lipinski definition) is 2. The first-order valence-corrected chi connectivity index (χ1v) is 9.83. The van der Waals surface area contributed by atoms with Gasteiger partial charge in [-0.05, 0) is 79.5 Å². The van der Waals surface area contributed by atoms with Crippen LogP contribution in [0.3, 0.4) is 0 Å². The molecule has 136 valence electrons. The number of benzene rings is 1. The molecular formula is C22H31O3+. The van der Waals surface area contributed by atoms with Gasteiger partial charge in [-0.15, -0.1) is 0 Å². The van der Waals surface area contributed by atoms with Crippen LogP contribution in [0.5, 0.6) is 5.75 Å². The summed E-state index contributed by atoms with van der Waals surface area (Å²) in [5.74, 6) is 4.05. The quantitative estimate of drug-likeness (QED) is 0.816. The molecule has 3 aliphatic carbocycles.